The number of hydrogen-bond acceptors (Lipinski definition) is 5. The zero-order chi connectivity index (χ0) is 14.4. The summed E-state index contributed by atoms with van der Waals surface area (Å²) < 4.78 is 10.1. The van der Waals surface area contributed by atoms with Crippen molar-refractivity contribution in [3.63, 3.8) is 0 Å². The Hall–Kier alpha value is -2.19. The van der Waals surface area contributed by atoms with Crippen molar-refractivity contribution in [2.45, 2.75) is 10.6 Å². The van der Waals surface area contributed by atoms with Gasteiger partial charge < -0.3 is 9.47 Å². The maximum absolute atomic E-state index is 9.02. The number of rotatable bonds is 5. The first kappa shape index (κ1) is 14.2. The SMILES string of the molecule is COc1ccc(CSc2cnc(OC)c(C#N)c2)cc1. The van der Waals surface area contributed by atoms with E-state index in [1.54, 1.807) is 31.1 Å². The van der Waals surface area contributed by atoms with E-state index in [1.165, 1.54) is 12.7 Å². The van der Waals surface area contributed by atoms with Gasteiger partial charge in [0.25, 0.3) is 0 Å². The van der Waals surface area contributed by atoms with Gasteiger partial charge in [-0.3, -0.25) is 0 Å². The highest BCUT2D eigenvalue weighted by Gasteiger charge is 2.06. The van der Waals surface area contributed by atoms with Crippen molar-refractivity contribution < 1.29 is 9.47 Å². The van der Waals surface area contributed by atoms with Gasteiger partial charge in [-0.2, -0.15) is 5.26 Å². The summed E-state index contributed by atoms with van der Waals surface area (Å²) in [5.41, 5.74) is 1.64. The number of pyridine rings is 1. The smallest absolute Gasteiger partial charge is 0.231 e. The number of benzene rings is 1. The number of nitriles is 1. The minimum atomic E-state index is 0.362. The van der Waals surface area contributed by atoms with E-state index in [2.05, 4.69) is 11.1 Å². The summed E-state index contributed by atoms with van der Waals surface area (Å²) in [7, 11) is 3.16. The molecule has 1 aromatic heterocycles. The lowest BCUT2D eigenvalue weighted by Gasteiger charge is -2.05. The van der Waals surface area contributed by atoms with Gasteiger partial charge in [-0.25, -0.2) is 4.98 Å². The van der Waals surface area contributed by atoms with Crippen molar-refractivity contribution in [1.29, 1.82) is 5.26 Å². The van der Waals surface area contributed by atoms with Gasteiger partial charge in [0.15, 0.2) is 0 Å². The molecule has 0 aliphatic carbocycles. The van der Waals surface area contributed by atoms with Gasteiger partial charge in [-0.05, 0) is 23.8 Å². The van der Waals surface area contributed by atoms with E-state index in [4.69, 9.17) is 14.7 Å². The summed E-state index contributed by atoms with van der Waals surface area (Å²) in [5.74, 6) is 2.01. The van der Waals surface area contributed by atoms with Gasteiger partial charge in [0.2, 0.25) is 5.88 Å². The quantitative estimate of drug-likeness (QED) is 0.790. The standard InChI is InChI=1S/C15H14N2O2S/c1-18-13-5-3-11(4-6-13)10-20-14-7-12(8-16)15(19-2)17-9-14/h3-7,9H,10H2,1-2H3. The van der Waals surface area contributed by atoms with Gasteiger partial charge in [0.05, 0.1) is 14.2 Å². The molecule has 0 N–H and O–H groups in total. The van der Waals surface area contributed by atoms with Crippen LogP contribution in [-0.4, -0.2) is 19.2 Å². The van der Waals surface area contributed by atoms with E-state index < -0.39 is 0 Å². The monoisotopic (exact) mass is 286 g/mol. The molecule has 0 saturated heterocycles. The Balaban J connectivity index is 2.05. The fourth-order valence-corrected chi connectivity index (χ4v) is 2.50. The molecular formula is C15H14N2O2S. The van der Waals surface area contributed by atoms with Crippen LogP contribution in [0.3, 0.4) is 0 Å². The van der Waals surface area contributed by atoms with Gasteiger partial charge in [0, 0.05) is 16.8 Å². The first-order valence-corrected chi connectivity index (χ1v) is 6.95. The third-order valence-electron chi connectivity index (χ3n) is 2.70. The molecule has 0 fully saturated rings. The number of hydrogen-bond donors (Lipinski definition) is 0. The Morgan fingerprint density at radius 3 is 2.55 bits per heavy atom. The van der Waals surface area contributed by atoms with E-state index >= 15 is 0 Å². The average molecular weight is 286 g/mol. The van der Waals surface area contributed by atoms with E-state index in [1.807, 2.05) is 24.3 Å². The number of thioether (sulfide) groups is 1. The lowest BCUT2D eigenvalue weighted by molar-refractivity contribution is 0.396. The van der Waals surface area contributed by atoms with Crippen molar-refractivity contribution in [2.75, 3.05) is 14.2 Å². The molecule has 5 heteroatoms. The highest BCUT2D eigenvalue weighted by atomic mass is 32.2. The lowest BCUT2D eigenvalue weighted by atomic mass is 10.2. The van der Waals surface area contributed by atoms with Crippen LogP contribution in [0.25, 0.3) is 0 Å². The highest BCUT2D eigenvalue weighted by Crippen LogP contribution is 2.26. The molecule has 2 rings (SSSR count). The second-order valence-electron chi connectivity index (χ2n) is 3.98. The minimum absolute atomic E-state index is 0.362. The first-order chi connectivity index (χ1) is 9.76. The third kappa shape index (κ3) is 3.43. The molecule has 20 heavy (non-hydrogen) atoms. The van der Waals surface area contributed by atoms with Gasteiger partial charge >= 0.3 is 0 Å². The lowest BCUT2D eigenvalue weighted by Crippen LogP contribution is -1.92. The largest absolute Gasteiger partial charge is 0.497 e. The van der Waals surface area contributed by atoms with Crippen molar-refractivity contribution >= 4 is 11.8 Å². The Bertz CT molecular complexity index is 621. The summed E-state index contributed by atoms with van der Waals surface area (Å²) >= 11 is 1.63. The van der Waals surface area contributed by atoms with Gasteiger partial charge in [-0.1, -0.05) is 12.1 Å². The topological polar surface area (TPSA) is 55.1 Å². The number of aromatic nitrogens is 1. The van der Waals surface area contributed by atoms with Crippen LogP contribution in [0.2, 0.25) is 0 Å². The molecule has 0 amide bonds. The van der Waals surface area contributed by atoms with Gasteiger partial charge in [-0.15, -0.1) is 11.8 Å². The molecule has 4 nitrogen and oxygen atoms in total. The molecule has 2 aromatic rings. The Morgan fingerprint density at radius 1 is 1.20 bits per heavy atom. The predicted octanol–water partition coefficient (Wildman–Crippen LogP) is 3.26. The number of nitrogens with zero attached hydrogens (tertiary/aromatic N) is 2. The first-order valence-electron chi connectivity index (χ1n) is 5.96. The maximum Gasteiger partial charge on any atom is 0.231 e. The van der Waals surface area contributed by atoms with Crippen molar-refractivity contribution in [3.05, 3.63) is 47.7 Å². The Labute approximate surface area is 122 Å². The number of methoxy groups -OCH3 is 2. The summed E-state index contributed by atoms with van der Waals surface area (Å²) in [6, 6.07) is 11.8. The summed E-state index contributed by atoms with van der Waals surface area (Å²) in [6.45, 7) is 0. The van der Waals surface area contributed by atoms with E-state index in [9.17, 15) is 0 Å². The zero-order valence-electron chi connectivity index (χ0n) is 11.3. The molecular weight excluding hydrogens is 272 g/mol. The van der Waals surface area contributed by atoms with Crippen LogP contribution in [0.4, 0.5) is 0 Å². The van der Waals surface area contributed by atoms with Gasteiger partial charge in [0.1, 0.15) is 17.4 Å². The van der Waals surface area contributed by atoms with Crippen LogP contribution in [0.15, 0.2) is 41.4 Å². The van der Waals surface area contributed by atoms with Crippen LogP contribution in [0.1, 0.15) is 11.1 Å². The van der Waals surface area contributed by atoms with E-state index in [0.717, 1.165) is 16.4 Å². The number of ether oxygens (including phenoxy) is 2. The predicted molar refractivity (Wildman–Crippen MR) is 78.1 cm³/mol. The van der Waals surface area contributed by atoms with Crippen molar-refractivity contribution in [1.82, 2.24) is 4.98 Å². The Kier molecular flexibility index (Phi) is 4.85. The van der Waals surface area contributed by atoms with Crippen molar-refractivity contribution in [3.8, 4) is 17.7 Å². The molecule has 0 aliphatic heterocycles. The second kappa shape index (κ2) is 6.83. The average Bonchev–Trinajstić information content (AvgIpc) is 2.53. The molecule has 0 aliphatic rings. The molecule has 102 valence electrons. The van der Waals surface area contributed by atoms with Crippen LogP contribution in [-0.2, 0) is 5.75 Å². The van der Waals surface area contributed by atoms with Crippen LogP contribution >= 0.6 is 11.8 Å². The molecule has 0 bridgehead atoms. The third-order valence-corrected chi connectivity index (χ3v) is 3.74. The molecule has 1 heterocycles. The molecule has 0 atom stereocenters. The highest BCUT2D eigenvalue weighted by molar-refractivity contribution is 7.98. The van der Waals surface area contributed by atoms with Crippen LogP contribution in [0.5, 0.6) is 11.6 Å². The van der Waals surface area contributed by atoms with Crippen LogP contribution < -0.4 is 9.47 Å². The van der Waals surface area contributed by atoms with E-state index in [0.29, 0.717) is 11.4 Å². The summed E-state index contributed by atoms with van der Waals surface area (Å²) in [5, 5.41) is 9.02. The molecule has 1 aromatic carbocycles. The minimum Gasteiger partial charge on any atom is -0.497 e. The second-order valence-corrected chi connectivity index (χ2v) is 5.03. The fraction of sp³-hybridized carbons (Fsp3) is 0.200. The molecule has 0 radical (unpaired) electrons. The van der Waals surface area contributed by atoms with E-state index in [-0.39, 0.29) is 0 Å². The normalized spacial score (nSPS) is 9.85. The maximum atomic E-state index is 9.02. The van der Waals surface area contributed by atoms with Crippen molar-refractivity contribution in [2.24, 2.45) is 0 Å². The fourth-order valence-electron chi connectivity index (χ4n) is 1.64. The van der Waals surface area contributed by atoms with Crippen LogP contribution in [0, 0.1) is 11.3 Å². The Morgan fingerprint density at radius 2 is 1.95 bits per heavy atom. The molecule has 0 saturated carbocycles. The summed E-state index contributed by atoms with van der Waals surface area (Å²) in [6.07, 6.45) is 1.72. The zero-order valence-corrected chi connectivity index (χ0v) is 12.1. The molecule has 0 spiro atoms. The summed E-state index contributed by atoms with van der Waals surface area (Å²) in [4.78, 5) is 5.06. The molecule has 0 unspecified atom stereocenters.